The topological polar surface area (TPSA) is 17.1 Å². The summed E-state index contributed by atoms with van der Waals surface area (Å²) in [7, 11) is 0. The van der Waals surface area contributed by atoms with Gasteiger partial charge in [-0.1, -0.05) is 20.8 Å². The molecular formula is C9H17O. The van der Waals surface area contributed by atoms with Gasteiger partial charge in [0.05, 0.1) is 0 Å². The lowest BCUT2D eigenvalue weighted by Crippen LogP contribution is -2.00. The molecule has 0 bridgehead atoms. The van der Waals surface area contributed by atoms with Crippen LogP contribution in [-0.2, 0) is 4.79 Å². The van der Waals surface area contributed by atoms with Crippen LogP contribution in [0.3, 0.4) is 0 Å². The van der Waals surface area contributed by atoms with Crippen molar-refractivity contribution in [3.8, 4) is 0 Å². The van der Waals surface area contributed by atoms with Crippen molar-refractivity contribution in [1.82, 2.24) is 0 Å². The molecule has 0 aliphatic carbocycles. The lowest BCUT2D eigenvalue weighted by atomic mass is 10.0. The van der Waals surface area contributed by atoms with Crippen LogP contribution in [0.15, 0.2) is 0 Å². The number of Topliss-reactive ketones (excluding diaryl/α,β-unsaturated/α-hetero) is 1. The Hall–Kier alpha value is -0.330. The first-order chi connectivity index (χ1) is 4.66. The minimum Gasteiger partial charge on any atom is -0.299 e. The van der Waals surface area contributed by atoms with E-state index in [2.05, 4.69) is 13.8 Å². The Labute approximate surface area is 63.8 Å². The molecule has 0 unspecified atom stereocenters. The minimum absolute atomic E-state index is 0.302. The Morgan fingerprint density at radius 2 is 2.10 bits per heavy atom. The van der Waals surface area contributed by atoms with E-state index < -0.39 is 0 Å². The van der Waals surface area contributed by atoms with Crippen molar-refractivity contribution in [3.63, 3.8) is 0 Å². The summed E-state index contributed by atoms with van der Waals surface area (Å²) < 4.78 is 0. The second-order valence-electron chi connectivity index (χ2n) is 3.05. The smallest absolute Gasteiger partial charge is 0.136 e. The highest BCUT2D eigenvalue weighted by molar-refractivity contribution is 5.86. The van der Waals surface area contributed by atoms with Gasteiger partial charge in [0.15, 0.2) is 0 Å². The fraction of sp³-hybridized carbons (Fsp3) is 0.778. The van der Waals surface area contributed by atoms with E-state index in [1.165, 1.54) is 0 Å². The summed E-state index contributed by atoms with van der Waals surface area (Å²) in [4.78, 5) is 10.9. The predicted molar refractivity (Wildman–Crippen MR) is 43.7 cm³/mol. The third kappa shape index (κ3) is 5.80. The molecule has 0 heterocycles. The van der Waals surface area contributed by atoms with E-state index in [1.54, 1.807) is 0 Å². The SMILES string of the molecule is CCCC(=O)[CH]CC(C)C. The van der Waals surface area contributed by atoms with E-state index in [-0.39, 0.29) is 0 Å². The van der Waals surface area contributed by atoms with Crippen molar-refractivity contribution in [3.05, 3.63) is 6.42 Å². The van der Waals surface area contributed by atoms with E-state index in [0.717, 1.165) is 12.8 Å². The summed E-state index contributed by atoms with van der Waals surface area (Å²) in [6, 6.07) is 0. The zero-order valence-electron chi connectivity index (χ0n) is 7.18. The molecule has 0 saturated heterocycles. The molecule has 1 heteroatoms. The molecule has 0 atom stereocenters. The van der Waals surface area contributed by atoms with Gasteiger partial charge in [0.25, 0.3) is 0 Å². The number of carbonyl (C=O) groups is 1. The van der Waals surface area contributed by atoms with Crippen molar-refractivity contribution in [1.29, 1.82) is 0 Å². The second kappa shape index (κ2) is 5.45. The monoisotopic (exact) mass is 141 g/mol. The first-order valence-electron chi connectivity index (χ1n) is 4.02. The van der Waals surface area contributed by atoms with Crippen LogP contribution in [0.4, 0.5) is 0 Å². The van der Waals surface area contributed by atoms with Gasteiger partial charge >= 0.3 is 0 Å². The predicted octanol–water partition coefficient (Wildman–Crippen LogP) is 2.61. The Morgan fingerprint density at radius 3 is 2.50 bits per heavy atom. The maximum atomic E-state index is 10.9. The molecule has 0 spiro atoms. The van der Waals surface area contributed by atoms with Gasteiger partial charge in [-0.2, -0.15) is 0 Å². The highest BCUT2D eigenvalue weighted by Gasteiger charge is 2.01. The fourth-order valence-electron chi connectivity index (χ4n) is 0.716. The molecule has 59 valence electrons. The molecule has 0 N–H and O–H groups in total. The molecule has 0 aromatic rings. The zero-order chi connectivity index (χ0) is 7.98. The molecule has 0 saturated carbocycles. The van der Waals surface area contributed by atoms with Crippen LogP contribution >= 0.6 is 0 Å². The van der Waals surface area contributed by atoms with Gasteiger partial charge in [-0.25, -0.2) is 0 Å². The molecule has 0 amide bonds. The third-order valence-electron chi connectivity index (χ3n) is 1.31. The fourth-order valence-corrected chi connectivity index (χ4v) is 0.716. The van der Waals surface area contributed by atoms with Crippen LogP contribution in [0.1, 0.15) is 40.0 Å². The summed E-state index contributed by atoms with van der Waals surface area (Å²) in [6.07, 6.45) is 4.42. The molecule has 0 aromatic heterocycles. The summed E-state index contributed by atoms with van der Waals surface area (Å²) in [6.45, 7) is 6.27. The van der Waals surface area contributed by atoms with Gasteiger partial charge in [0, 0.05) is 12.8 Å². The van der Waals surface area contributed by atoms with E-state index >= 15 is 0 Å². The number of ketones is 1. The van der Waals surface area contributed by atoms with E-state index in [0.29, 0.717) is 18.1 Å². The molecule has 1 radical (unpaired) electrons. The van der Waals surface area contributed by atoms with Crippen LogP contribution in [-0.4, -0.2) is 5.78 Å². The molecule has 0 fully saturated rings. The third-order valence-corrected chi connectivity index (χ3v) is 1.31. The van der Waals surface area contributed by atoms with Gasteiger partial charge in [0.1, 0.15) is 5.78 Å². The highest BCUT2D eigenvalue weighted by atomic mass is 16.1. The molecular weight excluding hydrogens is 124 g/mol. The van der Waals surface area contributed by atoms with Crippen molar-refractivity contribution in [2.24, 2.45) is 5.92 Å². The van der Waals surface area contributed by atoms with Gasteiger partial charge < -0.3 is 0 Å². The van der Waals surface area contributed by atoms with Crippen LogP contribution in [0.5, 0.6) is 0 Å². The first-order valence-corrected chi connectivity index (χ1v) is 4.02. The van der Waals surface area contributed by atoms with Crippen molar-refractivity contribution in [2.75, 3.05) is 0 Å². The van der Waals surface area contributed by atoms with E-state index in [1.807, 2.05) is 13.3 Å². The average molecular weight is 141 g/mol. The molecule has 0 aliphatic heterocycles. The Kier molecular flexibility index (Phi) is 5.27. The largest absolute Gasteiger partial charge is 0.299 e. The normalized spacial score (nSPS) is 10.4. The van der Waals surface area contributed by atoms with Crippen LogP contribution in [0.25, 0.3) is 0 Å². The summed E-state index contributed by atoms with van der Waals surface area (Å²) >= 11 is 0. The lowest BCUT2D eigenvalue weighted by Gasteiger charge is -2.01. The number of carbonyl (C=O) groups excluding carboxylic acids is 1. The number of rotatable bonds is 5. The first kappa shape index (κ1) is 9.67. The zero-order valence-corrected chi connectivity index (χ0v) is 7.18. The molecule has 0 aromatic carbocycles. The maximum absolute atomic E-state index is 10.9. The van der Waals surface area contributed by atoms with Gasteiger partial charge in [-0.15, -0.1) is 0 Å². The second-order valence-corrected chi connectivity index (χ2v) is 3.05. The minimum atomic E-state index is 0.302. The Bertz CT molecular complexity index is 94.9. The van der Waals surface area contributed by atoms with E-state index in [9.17, 15) is 4.79 Å². The highest BCUT2D eigenvalue weighted by Crippen LogP contribution is 2.04. The number of hydrogen-bond donors (Lipinski definition) is 0. The molecule has 0 rings (SSSR count). The van der Waals surface area contributed by atoms with E-state index in [4.69, 9.17) is 0 Å². The Morgan fingerprint density at radius 1 is 1.50 bits per heavy atom. The Balaban J connectivity index is 3.22. The van der Waals surface area contributed by atoms with Gasteiger partial charge in [-0.3, -0.25) is 4.79 Å². The van der Waals surface area contributed by atoms with Crippen molar-refractivity contribution >= 4 is 5.78 Å². The van der Waals surface area contributed by atoms with Crippen LogP contribution in [0, 0.1) is 12.3 Å². The number of hydrogen-bond acceptors (Lipinski definition) is 1. The van der Waals surface area contributed by atoms with Crippen molar-refractivity contribution < 1.29 is 4.79 Å². The lowest BCUT2D eigenvalue weighted by molar-refractivity contribution is -0.116. The standard InChI is InChI=1S/C9H17O/c1-4-5-9(10)7-6-8(2)3/h7-8H,4-6H2,1-3H3. The summed E-state index contributed by atoms with van der Waals surface area (Å²) in [5.74, 6) is 0.914. The molecule has 10 heavy (non-hydrogen) atoms. The van der Waals surface area contributed by atoms with Gasteiger partial charge in [0.2, 0.25) is 0 Å². The van der Waals surface area contributed by atoms with Gasteiger partial charge in [-0.05, 0) is 18.8 Å². The molecule has 0 aliphatic rings. The maximum Gasteiger partial charge on any atom is 0.136 e. The van der Waals surface area contributed by atoms with Crippen LogP contribution in [0.2, 0.25) is 0 Å². The average Bonchev–Trinajstić information content (AvgIpc) is 1.85. The van der Waals surface area contributed by atoms with Crippen molar-refractivity contribution in [2.45, 2.75) is 40.0 Å². The quantitative estimate of drug-likeness (QED) is 0.575. The summed E-state index contributed by atoms with van der Waals surface area (Å²) in [5.41, 5.74) is 0. The molecule has 1 nitrogen and oxygen atoms in total. The van der Waals surface area contributed by atoms with Crippen LogP contribution < -0.4 is 0 Å². The summed E-state index contributed by atoms with van der Waals surface area (Å²) in [5, 5.41) is 0.